The first kappa shape index (κ1) is 39.6. The molecule has 8 heteroatoms. The summed E-state index contributed by atoms with van der Waals surface area (Å²) >= 11 is 0. The molecule has 12 rings (SSSR count). The molecule has 3 heterocycles. The van der Waals surface area contributed by atoms with Gasteiger partial charge < -0.3 is 9.13 Å². The zero-order valence-corrected chi connectivity index (χ0v) is 36.2. The van der Waals surface area contributed by atoms with Crippen molar-refractivity contribution in [3.8, 4) is 86.0 Å². The molecule has 3 aromatic heterocycles. The predicted octanol–water partition coefficient (Wildman–Crippen LogP) is 14.0. The predicted molar refractivity (Wildman–Crippen MR) is 270 cm³/mol. The molecular weight excluding hydrogens is 833 g/mol. The number of rotatable bonds is 7. The summed E-state index contributed by atoms with van der Waals surface area (Å²) in [5.41, 5.74) is 13.5. The van der Waals surface area contributed by atoms with Crippen molar-refractivity contribution in [3.05, 3.63) is 223 Å². The van der Waals surface area contributed by atoms with Gasteiger partial charge in [-0.1, -0.05) is 115 Å². The van der Waals surface area contributed by atoms with E-state index in [0.29, 0.717) is 34.2 Å². The molecule has 8 nitrogen and oxygen atoms in total. The number of para-hydroxylation sites is 2. The van der Waals surface area contributed by atoms with Gasteiger partial charge in [0, 0.05) is 49.4 Å². The largest absolute Gasteiger partial charge is 0.309 e. The molecule has 0 saturated carbocycles. The van der Waals surface area contributed by atoms with Gasteiger partial charge in [0.25, 0.3) is 0 Å². The van der Waals surface area contributed by atoms with Gasteiger partial charge in [-0.2, -0.15) is 15.8 Å². The SMILES string of the molecule is N#Cc1cccc(-c2ccc(-n3c4ccccc4c4cc(C#N)ccc43)c(-c3cc(-c4nc(-c5ccccc5)nc(-c5ccccc5)n4)ccc3-n3c4ccccc4c4cc(C#N)ccc43)c2)c1. The highest BCUT2D eigenvalue weighted by molar-refractivity contribution is 6.12. The molecule has 0 N–H and O–H groups in total. The molecule has 12 aromatic rings. The second-order valence-corrected chi connectivity index (χ2v) is 16.6. The minimum absolute atomic E-state index is 0.506. The first-order valence-corrected chi connectivity index (χ1v) is 22.1. The molecule has 0 unspecified atom stereocenters. The summed E-state index contributed by atoms with van der Waals surface area (Å²) in [6.07, 6.45) is 0. The van der Waals surface area contributed by atoms with Crippen LogP contribution < -0.4 is 0 Å². The van der Waals surface area contributed by atoms with E-state index in [1.807, 2.05) is 146 Å². The highest BCUT2D eigenvalue weighted by atomic mass is 15.0. The Morgan fingerprint density at radius 1 is 0.294 bits per heavy atom. The fraction of sp³-hybridized carbons (Fsp3) is 0. The lowest BCUT2D eigenvalue weighted by atomic mass is 9.93. The van der Waals surface area contributed by atoms with Crippen molar-refractivity contribution in [3.63, 3.8) is 0 Å². The van der Waals surface area contributed by atoms with E-state index in [0.717, 1.165) is 93.9 Å². The lowest BCUT2D eigenvalue weighted by molar-refractivity contribution is 1.07. The molecule has 9 aromatic carbocycles. The number of hydrogen-bond acceptors (Lipinski definition) is 6. The minimum atomic E-state index is 0.506. The molecule has 0 amide bonds. The molecule has 0 aliphatic carbocycles. The van der Waals surface area contributed by atoms with E-state index in [1.54, 1.807) is 0 Å². The maximum atomic E-state index is 10.1. The average molecular weight is 867 g/mol. The molecule has 0 saturated heterocycles. The Bertz CT molecular complexity index is 4070. The van der Waals surface area contributed by atoms with E-state index in [9.17, 15) is 15.8 Å². The lowest BCUT2D eigenvalue weighted by Gasteiger charge is -2.21. The Balaban J connectivity index is 1.22. The van der Waals surface area contributed by atoms with E-state index in [2.05, 4.69) is 88.0 Å². The molecule has 314 valence electrons. The number of nitriles is 3. The molecule has 0 aliphatic heterocycles. The van der Waals surface area contributed by atoms with Gasteiger partial charge in [0.15, 0.2) is 17.5 Å². The minimum Gasteiger partial charge on any atom is -0.309 e. The number of benzene rings is 9. The fourth-order valence-corrected chi connectivity index (χ4v) is 9.52. The normalized spacial score (nSPS) is 11.2. The molecule has 0 bridgehead atoms. The summed E-state index contributed by atoms with van der Waals surface area (Å²) in [5.74, 6) is 1.61. The summed E-state index contributed by atoms with van der Waals surface area (Å²) in [5, 5.41) is 34.1. The monoisotopic (exact) mass is 866 g/mol. The van der Waals surface area contributed by atoms with Crippen molar-refractivity contribution in [2.24, 2.45) is 0 Å². The summed E-state index contributed by atoms with van der Waals surface area (Å²) in [6.45, 7) is 0. The number of fused-ring (bicyclic) bond motifs is 6. The van der Waals surface area contributed by atoms with Gasteiger partial charge in [0.05, 0.1) is 68.3 Å². The zero-order chi connectivity index (χ0) is 45.7. The third-order valence-corrected chi connectivity index (χ3v) is 12.7. The van der Waals surface area contributed by atoms with Gasteiger partial charge in [0.2, 0.25) is 0 Å². The highest BCUT2D eigenvalue weighted by Gasteiger charge is 2.23. The Morgan fingerprint density at radius 3 is 1.21 bits per heavy atom. The maximum Gasteiger partial charge on any atom is 0.164 e. The van der Waals surface area contributed by atoms with Crippen molar-refractivity contribution in [2.45, 2.75) is 0 Å². The van der Waals surface area contributed by atoms with Gasteiger partial charge in [-0.15, -0.1) is 0 Å². The molecule has 0 aliphatic rings. The molecule has 0 atom stereocenters. The van der Waals surface area contributed by atoms with Crippen molar-refractivity contribution in [2.75, 3.05) is 0 Å². The Hall–Kier alpha value is -9.94. The topological polar surface area (TPSA) is 120 Å². The number of nitrogens with zero attached hydrogens (tertiary/aromatic N) is 8. The Labute approximate surface area is 390 Å². The van der Waals surface area contributed by atoms with Crippen LogP contribution in [0.2, 0.25) is 0 Å². The summed E-state index contributed by atoms with van der Waals surface area (Å²) in [6, 6.07) is 75.8. The van der Waals surface area contributed by atoms with Gasteiger partial charge >= 0.3 is 0 Å². The summed E-state index contributed by atoms with van der Waals surface area (Å²) in [7, 11) is 0. The van der Waals surface area contributed by atoms with E-state index >= 15 is 0 Å². The molecule has 0 radical (unpaired) electrons. The van der Waals surface area contributed by atoms with Crippen LogP contribution in [0.1, 0.15) is 16.7 Å². The third kappa shape index (κ3) is 6.63. The maximum absolute atomic E-state index is 10.1. The number of hydrogen-bond donors (Lipinski definition) is 0. The van der Waals surface area contributed by atoms with E-state index < -0.39 is 0 Å². The van der Waals surface area contributed by atoms with Crippen LogP contribution in [0.4, 0.5) is 0 Å². The standard InChI is InChI=1S/C60H34N8/c61-35-38-12-11-17-43(30-38)44-24-28-56(67-52-20-9-7-18-46(52)48-31-39(36-62)22-26-54(48)67)50(33-44)51-34-45(60-65-58(41-13-3-1-4-14-41)64-59(66-60)42-15-5-2-6-16-42)25-29-57(51)68-53-21-10-8-19-47(53)49-32-40(37-63)23-27-55(49)68/h1-34H. The smallest absolute Gasteiger partial charge is 0.164 e. The van der Waals surface area contributed by atoms with Crippen LogP contribution in [0.3, 0.4) is 0 Å². The Morgan fingerprint density at radius 2 is 0.691 bits per heavy atom. The Kier molecular flexibility index (Phi) is 9.47. The first-order valence-electron chi connectivity index (χ1n) is 22.1. The third-order valence-electron chi connectivity index (χ3n) is 12.7. The van der Waals surface area contributed by atoms with Crippen LogP contribution in [0.15, 0.2) is 206 Å². The molecule has 0 fully saturated rings. The van der Waals surface area contributed by atoms with Crippen LogP contribution in [0.5, 0.6) is 0 Å². The van der Waals surface area contributed by atoms with Crippen LogP contribution in [0.25, 0.3) is 111 Å². The summed E-state index contributed by atoms with van der Waals surface area (Å²) < 4.78 is 4.56. The molecule has 68 heavy (non-hydrogen) atoms. The van der Waals surface area contributed by atoms with Crippen molar-refractivity contribution in [1.82, 2.24) is 24.1 Å². The number of aromatic nitrogens is 5. The van der Waals surface area contributed by atoms with Crippen molar-refractivity contribution < 1.29 is 0 Å². The zero-order valence-electron chi connectivity index (χ0n) is 36.2. The van der Waals surface area contributed by atoms with Crippen molar-refractivity contribution >= 4 is 43.6 Å². The van der Waals surface area contributed by atoms with Crippen LogP contribution in [-0.2, 0) is 0 Å². The van der Waals surface area contributed by atoms with Gasteiger partial charge in [-0.3, -0.25) is 0 Å². The van der Waals surface area contributed by atoms with Gasteiger partial charge in [-0.05, 0) is 102 Å². The van der Waals surface area contributed by atoms with Gasteiger partial charge in [-0.25, -0.2) is 15.0 Å². The van der Waals surface area contributed by atoms with Crippen LogP contribution in [-0.4, -0.2) is 24.1 Å². The second kappa shape index (κ2) is 16.2. The van der Waals surface area contributed by atoms with Crippen LogP contribution in [0, 0.1) is 34.0 Å². The van der Waals surface area contributed by atoms with E-state index in [-0.39, 0.29) is 0 Å². The average Bonchev–Trinajstić information content (AvgIpc) is 3.92. The second-order valence-electron chi connectivity index (χ2n) is 16.6. The van der Waals surface area contributed by atoms with Gasteiger partial charge in [0.1, 0.15) is 0 Å². The summed E-state index contributed by atoms with van der Waals surface area (Å²) in [4.78, 5) is 15.4. The lowest BCUT2D eigenvalue weighted by Crippen LogP contribution is -2.04. The fourth-order valence-electron chi connectivity index (χ4n) is 9.52. The quantitative estimate of drug-likeness (QED) is 0.157. The van der Waals surface area contributed by atoms with E-state index in [1.165, 1.54) is 0 Å². The molecular formula is C60H34N8. The highest BCUT2D eigenvalue weighted by Crippen LogP contribution is 2.44. The first-order chi connectivity index (χ1) is 33.6. The van der Waals surface area contributed by atoms with Crippen LogP contribution >= 0.6 is 0 Å². The van der Waals surface area contributed by atoms with E-state index in [4.69, 9.17) is 15.0 Å². The van der Waals surface area contributed by atoms with Crippen molar-refractivity contribution in [1.29, 1.82) is 15.8 Å². The molecule has 0 spiro atoms.